The predicted molar refractivity (Wildman–Crippen MR) is 85.3 cm³/mol. The molecular formula is C17H21N3O3. The van der Waals surface area contributed by atoms with Gasteiger partial charge in [-0.3, -0.25) is 9.69 Å². The summed E-state index contributed by atoms with van der Waals surface area (Å²) in [6.45, 7) is 7.35. The van der Waals surface area contributed by atoms with Gasteiger partial charge in [0.15, 0.2) is 5.76 Å². The van der Waals surface area contributed by atoms with Gasteiger partial charge in [-0.1, -0.05) is 16.8 Å². The zero-order chi connectivity index (χ0) is 16.4. The van der Waals surface area contributed by atoms with Gasteiger partial charge in [0.1, 0.15) is 5.75 Å². The van der Waals surface area contributed by atoms with E-state index in [-0.39, 0.29) is 11.7 Å². The topological polar surface area (TPSA) is 69.8 Å². The summed E-state index contributed by atoms with van der Waals surface area (Å²) < 4.78 is 5.23. The van der Waals surface area contributed by atoms with Gasteiger partial charge in [-0.25, -0.2) is 0 Å². The molecule has 122 valence electrons. The van der Waals surface area contributed by atoms with Crippen LogP contribution in [0.2, 0.25) is 0 Å². The molecule has 2 heterocycles. The number of aromatic nitrogens is 1. The molecule has 0 unspecified atom stereocenters. The van der Waals surface area contributed by atoms with Crippen molar-refractivity contribution in [3.05, 3.63) is 46.8 Å². The van der Waals surface area contributed by atoms with E-state index < -0.39 is 0 Å². The van der Waals surface area contributed by atoms with Crippen LogP contribution in [0.25, 0.3) is 0 Å². The molecule has 0 aliphatic carbocycles. The van der Waals surface area contributed by atoms with Gasteiger partial charge in [0.2, 0.25) is 0 Å². The number of nitrogens with zero attached hydrogens (tertiary/aromatic N) is 3. The molecule has 6 nitrogen and oxygen atoms in total. The summed E-state index contributed by atoms with van der Waals surface area (Å²) in [5.41, 5.74) is 2.22. The first kappa shape index (κ1) is 15.6. The smallest absolute Gasteiger partial charge is 0.257 e. The number of rotatable bonds is 3. The average molecular weight is 315 g/mol. The van der Waals surface area contributed by atoms with Gasteiger partial charge >= 0.3 is 0 Å². The minimum absolute atomic E-state index is 0.0418. The van der Waals surface area contributed by atoms with Crippen molar-refractivity contribution < 1.29 is 14.4 Å². The van der Waals surface area contributed by atoms with Crippen LogP contribution in [0.15, 0.2) is 28.8 Å². The fourth-order valence-corrected chi connectivity index (χ4v) is 2.81. The molecule has 0 atom stereocenters. The Morgan fingerprint density at radius 3 is 2.61 bits per heavy atom. The maximum absolute atomic E-state index is 12.6. The third-order valence-corrected chi connectivity index (χ3v) is 4.10. The lowest BCUT2D eigenvalue weighted by atomic mass is 10.1. The van der Waals surface area contributed by atoms with E-state index in [0.717, 1.165) is 30.1 Å². The summed E-state index contributed by atoms with van der Waals surface area (Å²) in [4.78, 5) is 16.6. The van der Waals surface area contributed by atoms with Crippen LogP contribution in [0.4, 0.5) is 0 Å². The Hall–Kier alpha value is -2.34. The van der Waals surface area contributed by atoms with Crippen molar-refractivity contribution in [2.24, 2.45) is 0 Å². The molecular weight excluding hydrogens is 294 g/mol. The van der Waals surface area contributed by atoms with E-state index in [4.69, 9.17) is 4.52 Å². The zero-order valence-electron chi connectivity index (χ0n) is 13.5. The fraction of sp³-hybridized carbons (Fsp3) is 0.412. The molecule has 0 spiro atoms. The number of amides is 1. The number of carbonyl (C=O) groups is 1. The predicted octanol–water partition coefficient (Wildman–Crippen LogP) is 1.96. The molecule has 6 heteroatoms. The first-order valence-corrected chi connectivity index (χ1v) is 7.76. The van der Waals surface area contributed by atoms with Crippen LogP contribution < -0.4 is 0 Å². The number of benzene rings is 1. The van der Waals surface area contributed by atoms with Crippen molar-refractivity contribution in [1.29, 1.82) is 0 Å². The van der Waals surface area contributed by atoms with Gasteiger partial charge in [-0.05, 0) is 26.0 Å². The number of hydrogen-bond donors (Lipinski definition) is 1. The van der Waals surface area contributed by atoms with Crippen molar-refractivity contribution >= 4 is 5.91 Å². The van der Waals surface area contributed by atoms with Gasteiger partial charge < -0.3 is 14.5 Å². The number of carbonyl (C=O) groups excluding carboxylic acids is 1. The molecule has 0 saturated carbocycles. The van der Waals surface area contributed by atoms with Crippen molar-refractivity contribution in [3.8, 4) is 5.75 Å². The molecule has 1 aromatic carbocycles. The SMILES string of the molecule is Cc1ccc(O)c(C(=O)N2CCN(Cc3cc(C)no3)CC2)c1. The normalized spacial score (nSPS) is 15.8. The number of hydrogen-bond acceptors (Lipinski definition) is 5. The molecule has 1 N–H and O–H groups in total. The molecule has 1 fully saturated rings. The summed E-state index contributed by atoms with van der Waals surface area (Å²) in [5.74, 6) is 0.778. The third-order valence-electron chi connectivity index (χ3n) is 4.10. The monoisotopic (exact) mass is 315 g/mol. The molecule has 1 aliphatic heterocycles. The molecule has 1 aromatic heterocycles. The van der Waals surface area contributed by atoms with Gasteiger partial charge in [0.25, 0.3) is 5.91 Å². The third kappa shape index (κ3) is 3.53. The Morgan fingerprint density at radius 2 is 1.96 bits per heavy atom. The molecule has 23 heavy (non-hydrogen) atoms. The molecule has 1 amide bonds. The van der Waals surface area contributed by atoms with Gasteiger partial charge in [-0.15, -0.1) is 0 Å². The fourth-order valence-electron chi connectivity index (χ4n) is 2.81. The van der Waals surface area contributed by atoms with Crippen molar-refractivity contribution in [1.82, 2.24) is 15.0 Å². The summed E-state index contributed by atoms with van der Waals surface area (Å²) in [7, 11) is 0. The lowest BCUT2D eigenvalue weighted by Crippen LogP contribution is -2.48. The minimum Gasteiger partial charge on any atom is -0.507 e. The van der Waals surface area contributed by atoms with E-state index in [1.54, 1.807) is 23.1 Å². The number of phenolic OH excluding ortho intramolecular Hbond substituents is 1. The van der Waals surface area contributed by atoms with Crippen molar-refractivity contribution in [3.63, 3.8) is 0 Å². The highest BCUT2D eigenvalue weighted by Gasteiger charge is 2.24. The highest BCUT2D eigenvalue weighted by Crippen LogP contribution is 2.21. The van der Waals surface area contributed by atoms with Gasteiger partial charge in [0.05, 0.1) is 17.8 Å². The highest BCUT2D eigenvalue weighted by molar-refractivity contribution is 5.97. The molecule has 1 saturated heterocycles. The van der Waals surface area contributed by atoms with Gasteiger partial charge in [-0.2, -0.15) is 0 Å². The first-order chi connectivity index (χ1) is 11.0. The molecule has 2 aromatic rings. The second kappa shape index (κ2) is 6.42. The van der Waals surface area contributed by atoms with Crippen LogP contribution in [0.3, 0.4) is 0 Å². The largest absolute Gasteiger partial charge is 0.507 e. The van der Waals surface area contributed by atoms with Crippen LogP contribution in [0.5, 0.6) is 5.75 Å². The number of aromatic hydroxyl groups is 1. The van der Waals surface area contributed by atoms with E-state index in [9.17, 15) is 9.90 Å². The number of phenols is 1. The van der Waals surface area contributed by atoms with Crippen molar-refractivity contribution in [2.75, 3.05) is 26.2 Å². The lowest BCUT2D eigenvalue weighted by molar-refractivity contribution is 0.0614. The van der Waals surface area contributed by atoms with E-state index in [1.807, 2.05) is 19.9 Å². The van der Waals surface area contributed by atoms with E-state index >= 15 is 0 Å². The first-order valence-electron chi connectivity index (χ1n) is 7.76. The number of aryl methyl sites for hydroxylation is 2. The Bertz CT molecular complexity index is 703. The highest BCUT2D eigenvalue weighted by atomic mass is 16.5. The standard InChI is InChI=1S/C17H21N3O3/c1-12-3-4-16(21)15(9-12)17(22)20-7-5-19(6-8-20)11-14-10-13(2)18-23-14/h3-4,9-10,21H,5-8,11H2,1-2H3. The van der Waals surface area contributed by atoms with E-state index in [1.165, 1.54) is 0 Å². The summed E-state index contributed by atoms with van der Waals surface area (Å²) >= 11 is 0. The van der Waals surface area contributed by atoms with Crippen LogP contribution in [0, 0.1) is 13.8 Å². The summed E-state index contributed by atoms with van der Waals surface area (Å²) in [6.07, 6.45) is 0. The Balaban J connectivity index is 1.60. The molecule has 0 bridgehead atoms. The quantitative estimate of drug-likeness (QED) is 0.937. The zero-order valence-corrected chi connectivity index (χ0v) is 13.5. The van der Waals surface area contributed by atoms with Crippen molar-refractivity contribution in [2.45, 2.75) is 20.4 Å². The molecule has 1 aliphatic rings. The van der Waals surface area contributed by atoms with Crippen LogP contribution in [-0.4, -0.2) is 52.1 Å². The molecule has 0 radical (unpaired) electrons. The lowest BCUT2D eigenvalue weighted by Gasteiger charge is -2.34. The Labute approximate surface area is 135 Å². The second-order valence-corrected chi connectivity index (χ2v) is 6.02. The van der Waals surface area contributed by atoms with Crippen LogP contribution in [0.1, 0.15) is 27.4 Å². The van der Waals surface area contributed by atoms with Crippen LogP contribution in [-0.2, 0) is 6.54 Å². The minimum atomic E-state index is -0.110. The maximum Gasteiger partial charge on any atom is 0.257 e. The number of piperazine rings is 1. The molecule has 3 rings (SSSR count). The Morgan fingerprint density at radius 1 is 1.22 bits per heavy atom. The average Bonchev–Trinajstić information content (AvgIpc) is 2.95. The second-order valence-electron chi connectivity index (χ2n) is 6.02. The maximum atomic E-state index is 12.6. The Kier molecular flexibility index (Phi) is 4.34. The summed E-state index contributed by atoms with van der Waals surface area (Å²) in [5, 5.41) is 13.8. The van der Waals surface area contributed by atoms with E-state index in [2.05, 4.69) is 10.1 Å². The van der Waals surface area contributed by atoms with Gasteiger partial charge in [0, 0.05) is 32.2 Å². The van der Waals surface area contributed by atoms with Crippen LogP contribution >= 0.6 is 0 Å². The summed E-state index contributed by atoms with van der Waals surface area (Å²) in [6, 6.07) is 7.04. The van der Waals surface area contributed by atoms with E-state index in [0.29, 0.717) is 25.2 Å².